The van der Waals surface area contributed by atoms with Gasteiger partial charge >= 0.3 is 4.87 Å². The summed E-state index contributed by atoms with van der Waals surface area (Å²) < 4.78 is 12.7. The number of rotatable bonds is 7. The van der Waals surface area contributed by atoms with Crippen LogP contribution in [-0.4, -0.2) is 33.2 Å². The van der Waals surface area contributed by atoms with E-state index in [1.54, 1.807) is 6.92 Å². The molecule has 7 nitrogen and oxygen atoms in total. The third kappa shape index (κ3) is 4.93. The van der Waals surface area contributed by atoms with Crippen LogP contribution in [0.4, 0.5) is 0 Å². The van der Waals surface area contributed by atoms with Crippen LogP contribution < -0.4 is 14.3 Å². The average molecular weight is 498 g/mol. The van der Waals surface area contributed by atoms with Crippen LogP contribution in [0, 0.1) is 26.7 Å². The number of fused-ring (bicyclic) bond motifs is 1. The van der Waals surface area contributed by atoms with Crippen molar-refractivity contribution in [3.8, 4) is 23.1 Å². The first kappa shape index (κ1) is 24.9. The maximum atomic E-state index is 13.3. The van der Waals surface area contributed by atoms with Crippen LogP contribution in [0.3, 0.4) is 0 Å². The summed E-state index contributed by atoms with van der Waals surface area (Å²) in [5, 5.41) is 20.3. The third-order valence-electron chi connectivity index (χ3n) is 6.57. The summed E-state index contributed by atoms with van der Waals surface area (Å²) in [5.74, 6) is 1.46. The Hall–Kier alpha value is -3.26. The molecule has 1 atom stereocenters. The van der Waals surface area contributed by atoms with Crippen molar-refractivity contribution < 1.29 is 24.5 Å². The molecule has 1 aliphatic rings. The molecule has 1 aliphatic heterocycles. The van der Waals surface area contributed by atoms with Crippen molar-refractivity contribution in [2.45, 2.75) is 59.5 Å². The maximum Gasteiger partial charge on any atom is 0.307 e. The molecule has 0 aliphatic carbocycles. The summed E-state index contributed by atoms with van der Waals surface area (Å²) in [7, 11) is 0. The number of ketones is 1. The number of H-pyrrole nitrogens is 1. The van der Waals surface area contributed by atoms with E-state index in [1.165, 1.54) is 0 Å². The lowest BCUT2D eigenvalue weighted by Gasteiger charge is -2.40. The Bertz CT molecular complexity index is 1320. The summed E-state index contributed by atoms with van der Waals surface area (Å²) >= 11 is 0.990. The predicted molar refractivity (Wildman–Crippen MR) is 135 cm³/mol. The Morgan fingerprint density at radius 1 is 1.09 bits per heavy atom. The highest BCUT2D eigenvalue weighted by Gasteiger charge is 2.44. The third-order valence-corrected chi connectivity index (χ3v) is 7.44. The van der Waals surface area contributed by atoms with Gasteiger partial charge in [-0.05, 0) is 61.9 Å². The molecule has 0 amide bonds. The zero-order chi connectivity index (χ0) is 25.5. The molecule has 2 aromatic carbocycles. The highest BCUT2D eigenvalue weighted by Crippen LogP contribution is 2.45. The van der Waals surface area contributed by atoms with Gasteiger partial charge in [0.15, 0.2) is 11.4 Å². The van der Waals surface area contributed by atoms with E-state index in [1.807, 2.05) is 38.1 Å². The number of nitrogens with one attached hydrogen (secondary N) is 1. The number of ether oxygens (including phenoxy) is 2. The molecule has 1 aromatic heterocycles. The lowest BCUT2D eigenvalue weighted by molar-refractivity contribution is -0.00980. The van der Waals surface area contributed by atoms with Crippen LogP contribution in [0.25, 0.3) is 0 Å². The molecule has 0 saturated heterocycles. The number of thiazole rings is 1. The molecule has 35 heavy (non-hydrogen) atoms. The smallest absolute Gasteiger partial charge is 0.307 e. The van der Waals surface area contributed by atoms with Gasteiger partial charge < -0.3 is 19.7 Å². The molecule has 3 N–H and O–H groups in total. The monoisotopic (exact) mass is 497 g/mol. The normalized spacial score (nSPS) is 17.4. The van der Waals surface area contributed by atoms with Gasteiger partial charge in [-0.3, -0.25) is 14.6 Å². The van der Waals surface area contributed by atoms with Crippen molar-refractivity contribution in [1.82, 2.24) is 4.98 Å². The van der Waals surface area contributed by atoms with Crippen molar-refractivity contribution in [3.05, 3.63) is 66.6 Å². The van der Waals surface area contributed by atoms with Crippen molar-refractivity contribution in [3.63, 3.8) is 0 Å². The topological polar surface area (TPSA) is 109 Å². The summed E-state index contributed by atoms with van der Waals surface area (Å²) in [5.41, 5.74) is 2.61. The van der Waals surface area contributed by atoms with Gasteiger partial charge in [0.1, 0.15) is 23.9 Å². The van der Waals surface area contributed by atoms with Gasteiger partial charge in [0.25, 0.3) is 0 Å². The minimum atomic E-state index is -0.819. The van der Waals surface area contributed by atoms with Gasteiger partial charge in [-0.2, -0.15) is 0 Å². The van der Waals surface area contributed by atoms with E-state index in [2.05, 4.69) is 18.8 Å². The molecule has 0 spiro atoms. The van der Waals surface area contributed by atoms with E-state index in [-0.39, 0.29) is 41.2 Å². The molecule has 0 bridgehead atoms. The number of phenols is 1. The fraction of sp³-hybridized carbons (Fsp3) is 0.407. The van der Waals surface area contributed by atoms with Crippen LogP contribution >= 0.6 is 11.3 Å². The zero-order valence-electron chi connectivity index (χ0n) is 20.7. The van der Waals surface area contributed by atoms with Crippen LogP contribution in [0.2, 0.25) is 0 Å². The lowest BCUT2D eigenvalue weighted by atomic mass is 9.81. The van der Waals surface area contributed by atoms with Crippen LogP contribution in [-0.2, 0) is 6.42 Å². The first-order chi connectivity index (χ1) is 16.5. The molecule has 1 unspecified atom stereocenters. The minimum absolute atomic E-state index is 0.0490. The fourth-order valence-electron chi connectivity index (χ4n) is 4.78. The highest BCUT2D eigenvalue weighted by atomic mass is 32.1. The van der Waals surface area contributed by atoms with E-state index in [4.69, 9.17) is 9.47 Å². The number of carbonyl (C=O) groups excluding carboxylic acids is 1. The van der Waals surface area contributed by atoms with E-state index >= 15 is 0 Å². The number of aromatic amines is 1. The van der Waals surface area contributed by atoms with Gasteiger partial charge in [-0.15, -0.1) is 0 Å². The second-order valence-corrected chi connectivity index (χ2v) is 10.9. The van der Waals surface area contributed by atoms with Crippen LogP contribution in [0.15, 0.2) is 29.1 Å². The first-order valence-electron chi connectivity index (χ1n) is 11.7. The average Bonchev–Trinajstić information content (AvgIpc) is 3.11. The largest absolute Gasteiger partial charge is 0.507 e. The molecular formula is C27H31NO6S. The molecule has 0 saturated carbocycles. The first-order valence-corrected chi connectivity index (χ1v) is 12.5. The zero-order valence-corrected chi connectivity index (χ0v) is 21.5. The van der Waals surface area contributed by atoms with E-state index in [0.29, 0.717) is 45.9 Å². The Kier molecular flexibility index (Phi) is 6.68. The number of phenolic OH excluding ortho intramolecular Hbond substituents is 1. The Labute approximate surface area is 208 Å². The van der Waals surface area contributed by atoms with Crippen molar-refractivity contribution in [2.24, 2.45) is 5.92 Å². The Morgan fingerprint density at radius 3 is 2.37 bits per heavy atom. The SMILES string of the molecule is Cc1c(C)c2c(c(C)c1O)C(=O)CC(COc1ccc(Cc3sc(=O)[nH]c3O)cc1)(CC(C)C)O2. The molecule has 0 fully saturated rings. The van der Waals surface area contributed by atoms with Crippen LogP contribution in [0.5, 0.6) is 23.1 Å². The molecule has 0 radical (unpaired) electrons. The summed E-state index contributed by atoms with van der Waals surface area (Å²) in [4.78, 5) is 27.4. The molecule has 3 aromatic rings. The standard InChI is InChI=1S/C27H31NO6S/c1-14(2)11-27(12-20(29)22-17(5)23(30)15(3)16(4)24(22)34-27)13-33-19-8-6-18(7-9-19)10-21-25(31)28-26(32)35-21/h6-9,14,30-31H,10-13H2,1-5H3,(H,28,32). The van der Waals surface area contributed by atoms with Crippen molar-refractivity contribution in [1.29, 1.82) is 0 Å². The van der Waals surface area contributed by atoms with E-state index in [9.17, 15) is 19.8 Å². The fourth-order valence-corrected chi connectivity index (χ4v) is 5.53. The molecule has 4 rings (SSSR count). The molecule has 8 heteroatoms. The minimum Gasteiger partial charge on any atom is -0.507 e. The lowest BCUT2D eigenvalue weighted by Crippen LogP contribution is -2.48. The number of benzene rings is 2. The molecule has 2 heterocycles. The summed E-state index contributed by atoms with van der Waals surface area (Å²) in [6.07, 6.45) is 1.25. The van der Waals surface area contributed by atoms with Gasteiger partial charge in [0.05, 0.1) is 16.9 Å². The number of hydrogen-bond donors (Lipinski definition) is 3. The second kappa shape index (κ2) is 9.41. The van der Waals surface area contributed by atoms with E-state index < -0.39 is 5.60 Å². The molecule has 186 valence electrons. The quantitative estimate of drug-likeness (QED) is 0.414. The highest BCUT2D eigenvalue weighted by molar-refractivity contribution is 7.09. The van der Waals surface area contributed by atoms with Crippen molar-refractivity contribution >= 4 is 17.1 Å². The Morgan fingerprint density at radius 2 is 1.77 bits per heavy atom. The van der Waals surface area contributed by atoms with Crippen LogP contribution in [0.1, 0.15) is 64.2 Å². The number of carbonyl (C=O) groups is 1. The molecular weight excluding hydrogens is 466 g/mol. The second-order valence-electron chi connectivity index (χ2n) is 9.81. The van der Waals surface area contributed by atoms with Crippen molar-refractivity contribution in [2.75, 3.05) is 6.61 Å². The van der Waals surface area contributed by atoms with E-state index in [0.717, 1.165) is 22.5 Å². The van der Waals surface area contributed by atoms with Gasteiger partial charge in [0, 0.05) is 12.0 Å². The summed E-state index contributed by atoms with van der Waals surface area (Å²) in [6.45, 7) is 9.82. The summed E-state index contributed by atoms with van der Waals surface area (Å²) in [6, 6.07) is 7.44. The number of aromatic nitrogens is 1. The van der Waals surface area contributed by atoms with Gasteiger partial charge in [-0.25, -0.2) is 0 Å². The number of Topliss-reactive ketones (excluding diaryl/α,β-unsaturated/α-hetero) is 1. The Balaban J connectivity index is 1.56. The van der Waals surface area contributed by atoms with Gasteiger partial charge in [-0.1, -0.05) is 37.3 Å². The predicted octanol–water partition coefficient (Wildman–Crippen LogP) is 5.19. The number of aromatic hydroxyl groups is 2. The van der Waals surface area contributed by atoms with Gasteiger partial charge in [0.2, 0.25) is 5.88 Å². The number of hydrogen-bond acceptors (Lipinski definition) is 7. The maximum absolute atomic E-state index is 13.3.